The van der Waals surface area contributed by atoms with Gasteiger partial charge >= 0.3 is 0 Å². The highest BCUT2D eigenvalue weighted by atomic mass is 16.3. The van der Waals surface area contributed by atoms with Crippen LogP contribution in [0, 0.1) is 0 Å². The highest BCUT2D eigenvalue weighted by Gasteiger charge is 2.22. The third kappa shape index (κ3) is 4.61. The molecule has 1 nitrogen and oxygen atoms in total. The molecule has 0 aliphatic heterocycles. The Morgan fingerprint density at radius 2 is 2.00 bits per heavy atom. The van der Waals surface area contributed by atoms with Crippen LogP contribution in [0.5, 0.6) is 0 Å². The van der Waals surface area contributed by atoms with Crippen LogP contribution in [0.1, 0.15) is 78.6 Å². The zero-order valence-corrected chi connectivity index (χ0v) is 12.5. The van der Waals surface area contributed by atoms with E-state index in [0.29, 0.717) is 0 Å². The molecule has 1 fully saturated rings. The van der Waals surface area contributed by atoms with E-state index in [1.165, 1.54) is 55.2 Å². The van der Waals surface area contributed by atoms with Gasteiger partial charge in [-0.05, 0) is 56.6 Å². The van der Waals surface area contributed by atoms with Gasteiger partial charge in [0, 0.05) is 0 Å². The predicted molar refractivity (Wildman–Crippen MR) is 79.7 cm³/mol. The number of allylic oxidation sites excluding steroid dienone is 2. The quantitative estimate of drug-likeness (QED) is 0.646. The molecule has 18 heavy (non-hydrogen) atoms. The molecule has 1 aliphatic carbocycles. The van der Waals surface area contributed by atoms with Crippen molar-refractivity contribution in [3.05, 3.63) is 22.8 Å². The van der Waals surface area contributed by atoms with E-state index in [1.807, 2.05) is 0 Å². The first kappa shape index (κ1) is 15.5. The Morgan fingerprint density at radius 3 is 2.67 bits per heavy atom. The van der Waals surface area contributed by atoms with Crippen LogP contribution >= 0.6 is 0 Å². The average molecular weight is 250 g/mol. The van der Waals surface area contributed by atoms with Crippen LogP contribution in [0.15, 0.2) is 22.8 Å². The van der Waals surface area contributed by atoms with E-state index in [0.717, 1.165) is 19.3 Å². The molecule has 1 atom stereocenters. The van der Waals surface area contributed by atoms with E-state index in [4.69, 9.17) is 0 Å². The topological polar surface area (TPSA) is 20.2 Å². The minimum atomic E-state index is -0.205. The number of hydrogen-bond donors (Lipinski definition) is 1. The molecule has 0 heterocycles. The minimum Gasteiger partial charge on any atom is -0.388 e. The molecule has 0 aromatic heterocycles. The number of unbranched alkanes of at least 4 members (excludes halogenated alkanes) is 3. The van der Waals surface area contributed by atoms with Crippen LogP contribution in [0.2, 0.25) is 0 Å². The van der Waals surface area contributed by atoms with Gasteiger partial charge in [0.2, 0.25) is 0 Å². The van der Waals surface area contributed by atoms with E-state index in [9.17, 15) is 5.11 Å². The van der Waals surface area contributed by atoms with Gasteiger partial charge in [0.25, 0.3) is 0 Å². The summed E-state index contributed by atoms with van der Waals surface area (Å²) in [6.07, 6.45) is 12.7. The first-order valence-electron chi connectivity index (χ1n) is 7.77. The summed E-state index contributed by atoms with van der Waals surface area (Å²) in [7, 11) is 0. The summed E-state index contributed by atoms with van der Waals surface area (Å²) in [5, 5.41) is 10.3. The summed E-state index contributed by atoms with van der Waals surface area (Å²) in [4.78, 5) is 0. The molecule has 1 rings (SSSR count). The van der Waals surface area contributed by atoms with Gasteiger partial charge in [0.15, 0.2) is 0 Å². The molecular weight excluding hydrogens is 220 g/mol. The zero-order valence-electron chi connectivity index (χ0n) is 12.5. The summed E-state index contributed by atoms with van der Waals surface area (Å²) in [5.41, 5.74) is 4.15. The Bertz CT molecular complexity index is 299. The largest absolute Gasteiger partial charge is 0.388 e. The molecule has 0 saturated heterocycles. The molecular formula is C17H30O. The molecule has 0 aromatic rings. The van der Waals surface area contributed by atoms with Crippen molar-refractivity contribution in [2.45, 2.75) is 84.7 Å². The summed E-state index contributed by atoms with van der Waals surface area (Å²) in [5.74, 6) is 0. The van der Waals surface area contributed by atoms with E-state index < -0.39 is 0 Å². The van der Waals surface area contributed by atoms with Crippen LogP contribution in [-0.2, 0) is 0 Å². The second kappa shape index (κ2) is 8.53. The van der Waals surface area contributed by atoms with Crippen molar-refractivity contribution in [1.29, 1.82) is 0 Å². The van der Waals surface area contributed by atoms with Crippen LogP contribution < -0.4 is 0 Å². The maximum Gasteiger partial charge on any atom is 0.0792 e. The third-order valence-corrected chi connectivity index (χ3v) is 3.92. The number of aliphatic hydroxyl groups excluding tert-OH is 1. The molecule has 0 radical (unpaired) electrons. The van der Waals surface area contributed by atoms with Crippen molar-refractivity contribution >= 4 is 0 Å². The van der Waals surface area contributed by atoms with Gasteiger partial charge in [0.1, 0.15) is 0 Å². The Hall–Kier alpha value is -0.560. The van der Waals surface area contributed by atoms with Gasteiger partial charge in [-0.2, -0.15) is 0 Å². The molecule has 0 bridgehead atoms. The summed E-state index contributed by atoms with van der Waals surface area (Å²) in [6, 6.07) is 0. The molecule has 0 aromatic carbocycles. The molecule has 0 spiro atoms. The lowest BCUT2D eigenvalue weighted by Crippen LogP contribution is -2.19. The number of hydrogen-bond acceptors (Lipinski definition) is 1. The van der Waals surface area contributed by atoms with E-state index in [1.54, 1.807) is 0 Å². The first-order valence-corrected chi connectivity index (χ1v) is 7.77. The molecule has 1 saturated carbocycles. The fourth-order valence-electron chi connectivity index (χ4n) is 2.81. The van der Waals surface area contributed by atoms with E-state index >= 15 is 0 Å². The number of aliphatic hydroxyl groups is 1. The normalized spacial score (nSPS) is 25.6. The van der Waals surface area contributed by atoms with Crippen molar-refractivity contribution in [3.63, 3.8) is 0 Å². The molecule has 1 unspecified atom stereocenters. The fourth-order valence-corrected chi connectivity index (χ4v) is 2.81. The second-order valence-electron chi connectivity index (χ2n) is 5.58. The van der Waals surface area contributed by atoms with Crippen molar-refractivity contribution in [2.75, 3.05) is 0 Å². The van der Waals surface area contributed by atoms with Gasteiger partial charge in [-0.3, -0.25) is 0 Å². The molecule has 104 valence electrons. The lowest BCUT2D eigenvalue weighted by atomic mass is 9.82. The van der Waals surface area contributed by atoms with Crippen molar-refractivity contribution in [2.24, 2.45) is 0 Å². The lowest BCUT2D eigenvalue weighted by Gasteiger charge is -2.26. The fraction of sp³-hybridized carbons (Fsp3) is 0.765. The third-order valence-electron chi connectivity index (χ3n) is 3.92. The van der Waals surface area contributed by atoms with E-state index in [2.05, 4.69) is 26.8 Å². The van der Waals surface area contributed by atoms with Gasteiger partial charge in [-0.25, -0.2) is 0 Å². The minimum absolute atomic E-state index is 0.205. The highest BCUT2D eigenvalue weighted by molar-refractivity contribution is 5.39. The Kier molecular flexibility index (Phi) is 7.34. The van der Waals surface area contributed by atoms with Crippen molar-refractivity contribution < 1.29 is 5.11 Å². The molecule has 1 aliphatic rings. The van der Waals surface area contributed by atoms with Crippen LogP contribution in [0.25, 0.3) is 0 Å². The maximum atomic E-state index is 10.3. The van der Waals surface area contributed by atoms with E-state index in [-0.39, 0.29) is 6.10 Å². The van der Waals surface area contributed by atoms with Crippen LogP contribution in [0.3, 0.4) is 0 Å². The lowest BCUT2D eigenvalue weighted by molar-refractivity contribution is 0.188. The zero-order chi connectivity index (χ0) is 13.4. The molecule has 1 N–H and O–H groups in total. The van der Waals surface area contributed by atoms with Gasteiger partial charge in [-0.15, -0.1) is 0 Å². The standard InChI is InChI=1S/C17H30O/c1-4-6-8-11-15-12-9-13-16(18)17(15)14(3)10-7-5-2/h11,16,18H,4-10,12-13H2,1-3H3/b15-11+,17-14-. The van der Waals surface area contributed by atoms with Gasteiger partial charge < -0.3 is 5.11 Å². The molecule has 0 amide bonds. The first-order chi connectivity index (χ1) is 8.70. The van der Waals surface area contributed by atoms with Gasteiger partial charge in [0.05, 0.1) is 6.10 Å². The van der Waals surface area contributed by atoms with Crippen LogP contribution in [-0.4, -0.2) is 11.2 Å². The van der Waals surface area contributed by atoms with Crippen molar-refractivity contribution in [1.82, 2.24) is 0 Å². The van der Waals surface area contributed by atoms with Crippen molar-refractivity contribution in [3.8, 4) is 0 Å². The van der Waals surface area contributed by atoms with Gasteiger partial charge in [-0.1, -0.05) is 44.8 Å². The Labute approximate surface area is 113 Å². The molecule has 1 heteroatoms. The average Bonchev–Trinajstić information content (AvgIpc) is 2.36. The summed E-state index contributed by atoms with van der Waals surface area (Å²) >= 11 is 0. The maximum absolute atomic E-state index is 10.3. The Morgan fingerprint density at radius 1 is 1.28 bits per heavy atom. The summed E-state index contributed by atoms with van der Waals surface area (Å²) in [6.45, 7) is 6.68. The summed E-state index contributed by atoms with van der Waals surface area (Å²) < 4.78 is 0. The monoisotopic (exact) mass is 250 g/mol. The predicted octanol–water partition coefficient (Wildman–Crippen LogP) is 5.15. The highest BCUT2D eigenvalue weighted by Crippen LogP contribution is 2.33. The smallest absolute Gasteiger partial charge is 0.0792 e. The Balaban J connectivity index is 2.81. The SMILES string of the molecule is CCCC/C=C1\CCCC(O)\C1=C(\C)CCCC. The second-order valence-corrected chi connectivity index (χ2v) is 5.58. The van der Waals surface area contributed by atoms with Crippen LogP contribution in [0.4, 0.5) is 0 Å². The number of rotatable bonds is 6.